The Balaban J connectivity index is 1.90. The van der Waals surface area contributed by atoms with Crippen molar-refractivity contribution in [2.75, 3.05) is 18.4 Å². The zero-order valence-electron chi connectivity index (χ0n) is 10.4. The smallest absolute Gasteiger partial charge is 0.219 e. The quantitative estimate of drug-likeness (QED) is 0.847. The minimum Gasteiger partial charge on any atom is -0.381 e. The molecule has 17 heavy (non-hydrogen) atoms. The number of hydrogen-bond donors (Lipinski definition) is 1. The van der Waals surface area contributed by atoms with Gasteiger partial charge in [-0.2, -0.15) is 0 Å². The van der Waals surface area contributed by atoms with E-state index in [1.165, 1.54) is 5.56 Å². The highest BCUT2D eigenvalue weighted by Gasteiger charge is 2.20. The van der Waals surface area contributed by atoms with Gasteiger partial charge in [0, 0.05) is 32.3 Å². The summed E-state index contributed by atoms with van der Waals surface area (Å²) in [6.45, 7) is 5.42. The molecule has 1 aromatic heterocycles. The number of anilines is 1. The van der Waals surface area contributed by atoms with Crippen molar-refractivity contribution in [3.05, 3.63) is 24.0 Å². The molecule has 2 rings (SSSR count). The zero-order valence-corrected chi connectivity index (χ0v) is 10.4. The van der Waals surface area contributed by atoms with Gasteiger partial charge >= 0.3 is 0 Å². The van der Waals surface area contributed by atoms with Gasteiger partial charge in [0.2, 0.25) is 5.91 Å². The van der Waals surface area contributed by atoms with Crippen LogP contribution in [0.4, 0.5) is 5.69 Å². The Hall–Kier alpha value is -1.58. The minimum absolute atomic E-state index is 0.181. The van der Waals surface area contributed by atoms with Crippen LogP contribution in [0, 0.1) is 6.92 Å². The van der Waals surface area contributed by atoms with Crippen LogP contribution in [0.2, 0.25) is 0 Å². The number of likely N-dealkylation sites (tertiary alicyclic amines) is 1. The highest BCUT2D eigenvalue weighted by molar-refractivity contribution is 5.73. The third-order valence-corrected chi connectivity index (χ3v) is 3.34. The van der Waals surface area contributed by atoms with Gasteiger partial charge in [-0.1, -0.05) is 0 Å². The first-order valence-corrected chi connectivity index (χ1v) is 6.09. The van der Waals surface area contributed by atoms with Gasteiger partial charge < -0.3 is 10.2 Å². The first kappa shape index (κ1) is 11.9. The van der Waals surface area contributed by atoms with E-state index in [1.54, 1.807) is 13.1 Å². The van der Waals surface area contributed by atoms with E-state index < -0.39 is 0 Å². The van der Waals surface area contributed by atoms with E-state index in [9.17, 15) is 4.79 Å². The Morgan fingerprint density at radius 2 is 2.18 bits per heavy atom. The normalized spacial score (nSPS) is 16.9. The molecule has 0 radical (unpaired) electrons. The van der Waals surface area contributed by atoms with Gasteiger partial charge in [0.1, 0.15) is 0 Å². The van der Waals surface area contributed by atoms with Crippen LogP contribution >= 0.6 is 0 Å². The fourth-order valence-corrected chi connectivity index (χ4v) is 2.17. The van der Waals surface area contributed by atoms with Gasteiger partial charge in [0.25, 0.3) is 0 Å². The largest absolute Gasteiger partial charge is 0.381 e. The second-order valence-corrected chi connectivity index (χ2v) is 4.62. The Morgan fingerprint density at radius 3 is 2.76 bits per heavy atom. The van der Waals surface area contributed by atoms with Gasteiger partial charge in [0.15, 0.2) is 0 Å². The van der Waals surface area contributed by atoms with Crippen molar-refractivity contribution < 1.29 is 4.79 Å². The third kappa shape index (κ3) is 2.96. The molecule has 1 saturated heterocycles. The zero-order chi connectivity index (χ0) is 12.3. The van der Waals surface area contributed by atoms with Gasteiger partial charge in [-0.25, -0.2) is 0 Å². The van der Waals surface area contributed by atoms with E-state index in [0.29, 0.717) is 6.04 Å². The number of pyridine rings is 1. The Bertz CT molecular complexity index is 397. The molecule has 1 fully saturated rings. The summed E-state index contributed by atoms with van der Waals surface area (Å²) >= 11 is 0. The topological polar surface area (TPSA) is 45.2 Å². The number of aryl methyl sites for hydroxylation is 1. The van der Waals surface area contributed by atoms with Crippen molar-refractivity contribution in [2.45, 2.75) is 32.7 Å². The van der Waals surface area contributed by atoms with Crippen LogP contribution in [0.15, 0.2) is 18.5 Å². The van der Waals surface area contributed by atoms with Crippen LogP contribution < -0.4 is 5.32 Å². The van der Waals surface area contributed by atoms with Crippen molar-refractivity contribution in [2.24, 2.45) is 0 Å². The average molecular weight is 233 g/mol. The van der Waals surface area contributed by atoms with Crippen molar-refractivity contribution in [3.8, 4) is 0 Å². The van der Waals surface area contributed by atoms with Gasteiger partial charge in [-0.15, -0.1) is 0 Å². The van der Waals surface area contributed by atoms with Crippen LogP contribution in [0.25, 0.3) is 0 Å². The van der Waals surface area contributed by atoms with E-state index in [2.05, 4.69) is 17.2 Å². The molecule has 0 saturated carbocycles. The molecule has 0 aromatic carbocycles. The van der Waals surface area contributed by atoms with Crippen LogP contribution in [0.5, 0.6) is 0 Å². The summed E-state index contributed by atoms with van der Waals surface area (Å²) in [4.78, 5) is 17.3. The fourth-order valence-electron chi connectivity index (χ4n) is 2.17. The number of nitrogens with one attached hydrogen (secondary N) is 1. The lowest BCUT2D eigenvalue weighted by molar-refractivity contribution is -0.129. The molecule has 1 aliphatic rings. The molecule has 4 heteroatoms. The van der Waals surface area contributed by atoms with Gasteiger partial charge in [-0.05, 0) is 31.4 Å². The molecule has 1 N–H and O–H groups in total. The molecule has 0 unspecified atom stereocenters. The molecule has 92 valence electrons. The van der Waals surface area contributed by atoms with Crippen LogP contribution in [-0.4, -0.2) is 34.9 Å². The minimum atomic E-state index is 0.181. The maximum Gasteiger partial charge on any atom is 0.219 e. The summed E-state index contributed by atoms with van der Waals surface area (Å²) < 4.78 is 0. The maximum atomic E-state index is 11.2. The molecule has 0 spiro atoms. The summed E-state index contributed by atoms with van der Waals surface area (Å²) in [6.07, 6.45) is 5.69. The van der Waals surface area contributed by atoms with Crippen LogP contribution in [-0.2, 0) is 4.79 Å². The van der Waals surface area contributed by atoms with E-state index in [1.807, 2.05) is 17.2 Å². The average Bonchev–Trinajstić information content (AvgIpc) is 2.33. The number of carbonyl (C=O) groups excluding carboxylic acids is 1. The number of aromatic nitrogens is 1. The second-order valence-electron chi connectivity index (χ2n) is 4.62. The monoisotopic (exact) mass is 233 g/mol. The molecular weight excluding hydrogens is 214 g/mol. The first-order valence-electron chi connectivity index (χ1n) is 6.09. The van der Waals surface area contributed by atoms with Gasteiger partial charge in [0.05, 0.1) is 11.9 Å². The number of carbonyl (C=O) groups is 1. The predicted molar refractivity (Wildman–Crippen MR) is 67.9 cm³/mol. The molecule has 1 aromatic rings. The molecule has 0 atom stereocenters. The van der Waals surface area contributed by atoms with Crippen LogP contribution in [0.1, 0.15) is 25.3 Å². The number of nitrogens with zero attached hydrogens (tertiary/aromatic N) is 2. The SMILES string of the molecule is CC(=O)N1CCC(Nc2cnccc2C)CC1. The Labute approximate surface area is 102 Å². The lowest BCUT2D eigenvalue weighted by Gasteiger charge is -2.32. The standard InChI is InChI=1S/C13H19N3O/c1-10-3-6-14-9-13(10)15-12-4-7-16(8-5-12)11(2)17/h3,6,9,12,15H,4-5,7-8H2,1-2H3. The van der Waals surface area contributed by atoms with Crippen molar-refractivity contribution in [1.82, 2.24) is 9.88 Å². The number of amides is 1. The van der Waals surface area contributed by atoms with Crippen LogP contribution in [0.3, 0.4) is 0 Å². The third-order valence-electron chi connectivity index (χ3n) is 3.34. The number of rotatable bonds is 2. The Morgan fingerprint density at radius 1 is 1.47 bits per heavy atom. The summed E-state index contributed by atoms with van der Waals surface area (Å²) in [5.41, 5.74) is 2.32. The lowest BCUT2D eigenvalue weighted by atomic mass is 10.0. The van der Waals surface area contributed by atoms with E-state index >= 15 is 0 Å². The second kappa shape index (κ2) is 5.17. The molecule has 1 aliphatic heterocycles. The lowest BCUT2D eigenvalue weighted by Crippen LogP contribution is -2.41. The molecule has 2 heterocycles. The van der Waals surface area contributed by atoms with E-state index in [-0.39, 0.29) is 5.91 Å². The van der Waals surface area contributed by atoms with Crippen molar-refractivity contribution in [3.63, 3.8) is 0 Å². The fraction of sp³-hybridized carbons (Fsp3) is 0.538. The van der Waals surface area contributed by atoms with Gasteiger partial charge in [-0.3, -0.25) is 9.78 Å². The highest BCUT2D eigenvalue weighted by atomic mass is 16.2. The number of hydrogen-bond acceptors (Lipinski definition) is 3. The summed E-state index contributed by atoms with van der Waals surface area (Å²) in [7, 11) is 0. The van der Waals surface area contributed by atoms with Crippen molar-refractivity contribution in [1.29, 1.82) is 0 Å². The molecular formula is C13H19N3O. The molecule has 0 bridgehead atoms. The Kier molecular flexibility index (Phi) is 3.61. The van der Waals surface area contributed by atoms with Crippen molar-refractivity contribution >= 4 is 11.6 Å². The molecule has 0 aliphatic carbocycles. The summed E-state index contributed by atoms with van der Waals surface area (Å²) in [6, 6.07) is 2.46. The first-order chi connectivity index (χ1) is 8.16. The summed E-state index contributed by atoms with van der Waals surface area (Å²) in [5.74, 6) is 0.181. The highest BCUT2D eigenvalue weighted by Crippen LogP contribution is 2.18. The molecule has 1 amide bonds. The number of piperidine rings is 1. The van der Waals surface area contributed by atoms with E-state index in [4.69, 9.17) is 0 Å². The molecule has 4 nitrogen and oxygen atoms in total. The van der Waals surface area contributed by atoms with E-state index in [0.717, 1.165) is 31.6 Å². The maximum absolute atomic E-state index is 11.2. The predicted octanol–water partition coefficient (Wildman–Crippen LogP) is 1.81. The summed E-state index contributed by atoms with van der Waals surface area (Å²) in [5, 5.41) is 3.51.